The molecule has 0 radical (unpaired) electrons. The van der Waals surface area contributed by atoms with Gasteiger partial charge in [0.1, 0.15) is 4.34 Å². The number of hydrogen-bond acceptors (Lipinski definition) is 2. The fourth-order valence-corrected chi connectivity index (χ4v) is 3.74. The molecular weight excluding hydrogens is 387 g/mol. The fraction of sp³-hybridized carbons (Fsp3) is 0.0833. The van der Waals surface area contributed by atoms with E-state index in [0.29, 0.717) is 14.8 Å². The van der Waals surface area contributed by atoms with Crippen LogP contribution in [0.1, 0.15) is 20.8 Å². The average Bonchev–Trinajstić information content (AvgIpc) is 2.57. The highest BCUT2D eigenvalue weighted by atomic mass is 79.9. The molecule has 0 bridgehead atoms. The molecule has 0 aliphatic carbocycles. The molecule has 0 amide bonds. The molecule has 0 atom stereocenters. The van der Waals surface area contributed by atoms with E-state index in [9.17, 15) is 4.79 Å². The van der Waals surface area contributed by atoms with E-state index >= 15 is 0 Å². The van der Waals surface area contributed by atoms with Gasteiger partial charge in [0.15, 0.2) is 0 Å². The van der Waals surface area contributed by atoms with Gasteiger partial charge in [-0.3, -0.25) is 4.79 Å². The second kappa shape index (κ2) is 5.22. The molecule has 0 aliphatic heterocycles. The number of aryl methyl sites for hydroxylation is 1. The maximum atomic E-state index is 12.2. The molecule has 2 aromatic rings. The monoisotopic (exact) mass is 392 g/mol. The summed E-state index contributed by atoms with van der Waals surface area (Å²) in [5.74, 6) is -0.00741. The minimum Gasteiger partial charge on any atom is -0.288 e. The molecule has 88 valence electrons. The van der Waals surface area contributed by atoms with Gasteiger partial charge in [-0.1, -0.05) is 27.5 Å². The Morgan fingerprint density at radius 1 is 1.24 bits per heavy atom. The Hall–Kier alpha value is -0.160. The van der Waals surface area contributed by atoms with Gasteiger partial charge in [-0.2, -0.15) is 0 Å². The zero-order valence-corrected chi connectivity index (χ0v) is 13.5. The first kappa shape index (κ1) is 13.3. The Morgan fingerprint density at radius 2 is 1.94 bits per heavy atom. The van der Waals surface area contributed by atoms with E-state index < -0.39 is 0 Å². The second-order valence-corrected chi connectivity index (χ2v) is 7.00. The molecule has 1 aromatic heterocycles. The van der Waals surface area contributed by atoms with Crippen molar-refractivity contribution in [3.05, 3.63) is 53.6 Å². The van der Waals surface area contributed by atoms with Gasteiger partial charge in [0.25, 0.3) is 0 Å². The van der Waals surface area contributed by atoms with Gasteiger partial charge >= 0.3 is 0 Å². The molecule has 1 aromatic carbocycles. The van der Waals surface area contributed by atoms with Crippen LogP contribution in [0.2, 0.25) is 4.34 Å². The second-order valence-electron chi connectivity index (χ2n) is 3.58. The number of halogens is 3. The van der Waals surface area contributed by atoms with Crippen LogP contribution in [0.3, 0.4) is 0 Å². The number of carbonyl (C=O) groups excluding carboxylic acids is 1. The number of hydrogen-bond donors (Lipinski definition) is 0. The first-order valence-electron chi connectivity index (χ1n) is 4.74. The van der Waals surface area contributed by atoms with Crippen LogP contribution in [0, 0.1) is 6.92 Å². The first-order chi connectivity index (χ1) is 7.97. The summed E-state index contributed by atoms with van der Waals surface area (Å²) >= 11 is 13.9. The molecule has 1 heterocycles. The lowest BCUT2D eigenvalue weighted by Crippen LogP contribution is -1.98. The summed E-state index contributed by atoms with van der Waals surface area (Å²) < 4.78 is 2.27. The number of ketones is 1. The lowest BCUT2D eigenvalue weighted by Gasteiger charge is -2.01. The molecule has 1 nitrogen and oxygen atoms in total. The SMILES string of the molecule is Cc1cc(Br)cc(C(=O)c2cc(Br)c(Cl)s2)c1. The first-order valence-corrected chi connectivity index (χ1v) is 7.52. The molecule has 0 N–H and O–H groups in total. The Labute approximate surface area is 125 Å². The molecule has 2 rings (SSSR count). The van der Waals surface area contributed by atoms with Gasteiger partial charge in [0, 0.05) is 14.5 Å². The third-order valence-corrected chi connectivity index (χ3v) is 5.10. The van der Waals surface area contributed by atoms with Crippen molar-refractivity contribution in [2.45, 2.75) is 6.92 Å². The summed E-state index contributed by atoms with van der Waals surface area (Å²) in [6.45, 7) is 1.96. The van der Waals surface area contributed by atoms with E-state index in [1.807, 2.05) is 25.1 Å². The van der Waals surface area contributed by atoms with Crippen molar-refractivity contribution in [1.82, 2.24) is 0 Å². The lowest BCUT2D eigenvalue weighted by molar-refractivity contribution is 0.104. The summed E-state index contributed by atoms with van der Waals surface area (Å²) in [7, 11) is 0. The van der Waals surface area contributed by atoms with Crippen LogP contribution in [0.5, 0.6) is 0 Å². The maximum absolute atomic E-state index is 12.2. The van der Waals surface area contributed by atoms with Crippen molar-refractivity contribution < 1.29 is 4.79 Å². The highest BCUT2D eigenvalue weighted by Gasteiger charge is 2.15. The minimum atomic E-state index is -0.00741. The van der Waals surface area contributed by atoms with E-state index in [4.69, 9.17) is 11.6 Å². The van der Waals surface area contributed by atoms with E-state index in [0.717, 1.165) is 14.5 Å². The number of carbonyl (C=O) groups is 1. The molecule has 5 heteroatoms. The molecule has 0 unspecified atom stereocenters. The predicted octanol–water partition coefficient (Wildman–Crippen LogP) is 5.47. The normalized spacial score (nSPS) is 10.6. The predicted molar refractivity (Wildman–Crippen MR) is 79.3 cm³/mol. The molecule has 0 aliphatic rings. The van der Waals surface area contributed by atoms with E-state index in [1.54, 1.807) is 6.07 Å². The van der Waals surface area contributed by atoms with Crippen molar-refractivity contribution in [1.29, 1.82) is 0 Å². The van der Waals surface area contributed by atoms with Gasteiger partial charge in [0.2, 0.25) is 5.78 Å². The quantitative estimate of drug-likeness (QED) is 0.618. The largest absolute Gasteiger partial charge is 0.288 e. The van der Waals surface area contributed by atoms with Crippen LogP contribution in [-0.4, -0.2) is 5.78 Å². The molecular formula is C12H7Br2ClOS. The van der Waals surface area contributed by atoms with Gasteiger partial charge in [-0.15, -0.1) is 11.3 Å². The van der Waals surface area contributed by atoms with E-state index in [-0.39, 0.29) is 5.78 Å². The summed E-state index contributed by atoms with van der Waals surface area (Å²) in [4.78, 5) is 12.9. The van der Waals surface area contributed by atoms with Gasteiger partial charge < -0.3 is 0 Å². The van der Waals surface area contributed by atoms with Crippen LogP contribution >= 0.6 is 54.8 Å². The van der Waals surface area contributed by atoms with Crippen molar-refractivity contribution in [3.8, 4) is 0 Å². The standard InChI is InChI=1S/C12H7Br2ClOS/c1-6-2-7(4-8(13)3-6)11(16)10-5-9(14)12(15)17-10/h2-5H,1H3. The van der Waals surface area contributed by atoms with E-state index in [1.165, 1.54) is 11.3 Å². The van der Waals surface area contributed by atoms with Crippen LogP contribution in [0.15, 0.2) is 33.2 Å². The smallest absolute Gasteiger partial charge is 0.203 e. The van der Waals surface area contributed by atoms with Crippen molar-refractivity contribution in [2.75, 3.05) is 0 Å². The highest BCUT2D eigenvalue weighted by molar-refractivity contribution is 9.10. The van der Waals surface area contributed by atoms with Crippen LogP contribution in [-0.2, 0) is 0 Å². The van der Waals surface area contributed by atoms with Gasteiger partial charge in [-0.25, -0.2) is 0 Å². The molecule has 0 saturated heterocycles. The van der Waals surface area contributed by atoms with E-state index in [2.05, 4.69) is 31.9 Å². The zero-order chi connectivity index (χ0) is 12.6. The minimum absolute atomic E-state index is 0.00741. The van der Waals surface area contributed by atoms with Crippen molar-refractivity contribution in [2.24, 2.45) is 0 Å². The molecule has 0 fully saturated rings. The van der Waals surface area contributed by atoms with Gasteiger partial charge in [-0.05, 0) is 52.7 Å². The Kier molecular flexibility index (Phi) is 4.08. The van der Waals surface area contributed by atoms with Crippen LogP contribution in [0.4, 0.5) is 0 Å². The average molecular weight is 395 g/mol. The Bertz CT molecular complexity index is 552. The number of thiophene rings is 1. The maximum Gasteiger partial charge on any atom is 0.203 e. The van der Waals surface area contributed by atoms with Crippen LogP contribution < -0.4 is 0 Å². The summed E-state index contributed by atoms with van der Waals surface area (Å²) in [6, 6.07) is 7.41. The topological polar surface area (TPSA) is 17.1 Å². The van der Waals surface area contributed by atoms with Gasteiger partial charge in [0.05, 0.1) is 4.88 Å². The van der Waals surface area contributed by atoms with Crippen molar-refractivity contribution >= 4 is 60.6 Å². The van der Waals surface area contributed by atoms with Crippen LogP contribution in [0.25, 0.3) is 0 Å². The third-order valence-electron chi connectivity index (χ3n) is 2.17. The molecule has 17 heavy (non-hydrogen) atoms. The summed E-state index contributed by atoms with van der Waals surface area (Å²) in [5.41, 5.74) is 1.71. The number of rotatable bonds is 2. The number of benzene rings is 1. The summed E-state index contributed by atoms with van der Waals surface area (Å²) in [5, 5.41) is 0. The molecule has 0 spiro atoms. The molecule has 0 saturated carbocycles. The Balaban J connectivity index is 2.43. The Morgan fingerprint density at radius 3 is 2.47 bits per heavy atom. The van der Waals surface area contributed by atoms with Crippen molar-refractivity contribution in [3.63, 3.8) is 0 Å². The fourth-order valence-electron chi connectivity index (χ4n) is 1.47. The lowest BCUT2D eigenvalue weighted by atomic mass is 10.1. The summed E-state index contributed by atoms with van der Waals surface area (Å²) in [6.07, 6.45) is 0. The third kappa shape index (κ3) is 2.99. The zero-order valence-electron chi connectivity index (χ0n) is 8.76. The highest BCUT2D eigenvalue weighted by Crippen LogP contribution is 2.33.